The number of nitrogens with one attached hydrogen (secondary N) is 1. The van der Waals surface area contributed by atoms with Gasteiger partial charge in [-0.05, 0) is 49.5 Å². The Morgan fingerprint density at radius 1 is 1.42 bits per heavy atom. The summed E-state index contributed by atoms with van der Waals surface area (Å²) in [7, 11) is 1.72. The summed E-state index contributed by atoms with van der Waals surface area (Å²) >= 11 is 3.35. The van der Waals surface area contributed by atoms with Crippen molar-refractivity contribution in [2.24, 2.45) is 0 Å². The molecule has 7 nitrogen and oxygen atoms in total. The minimum atomic E-state index is -0.514. The molecule has 0 spiro atoms. The molecule has 134 valence electrons. The highest BCUT2D eigenvalue weighted by Gasteiger charge is 2.30. The number of aromatic nitrogens is 2. The lowest BCUT2D eigenvalue weighted by molar-refractivity contribution is 0.0491. The molecule has 2 atom stereocenters. The van der Waals surface area contributed by atoms with Gasteiger partial charge < -0.3 is 19.7 Å². The molecule has 2 heterocycles. The van der Waals surface area contributed by atoms with Crippen molar-refractivity contribution in [3.8, 4) is 0 Å². The molecule has 0 saturated carbocycles. The number of methoxy groups -OCH3 is 1. The van der Waals surface area contributed by atoms with E-state index in [2.05, 4.69) is 36.1 Å². The summed E-state index contributed by atoms with van der Waals surface area (Å²) in [5, 5.41) is 2.84. The summed E-state index contributed by atoms with van der Waals surface area (Å²) in [6.07, 6.45) is 4.90. The minimum Gasteiger partial charge on any atom is -0.444 e. The minimum absolute atomic E-state index is 0.0531. The first-order chi connectivity index (χ1) is 11.3. The van der Waals surface area contributed by atoms with Gasteiger partial charge in [-0.1, -0.05) is 0 Å². The van der Waals surface area contributed by atoms with Crippen molar-refractivity contribution in [1.82, 2.24) is 15.3 Å². The zero-order chi connectivity index (χ0) is 17.7. The van der Waals surface area contributed by atoms with Crippen LogP contribution < -0.4 is 10.2 Å². The third-order valence-electron chi connectivity index (χ3n) is 3.75. The summed E-state index contributed by atoms with van der Waals surface area (Å²) in [5.41, 5.74) is -0.514. The lowest BCUT2D eigenvalue weighted by Crippen LogP contribution is -2.51. The standard InChI is InChI=1S/C16H25BrN4O3/c1-16(2,3)24-15(22)20-10-12-7-13(23-4)5-6-21(12)14-18-8-11(17)9-19-14/h8-9,12-13H,5-7,10H2,1-4H3,(H,20,22)/t12-,13-/m1/s1. The van der Waals surface area contributed by atoms with Crippen LogP contribution in [-0.4, -0.2) is 54.0 Å². The van der Waals surface area contributed by atoms with Crippen LogP contribution in [0.3, 0.4) is 0 Å². The Balaban J connectivity index is 2.03. The highest BCUT2D eigenvalue weighted by Crippen LogP contribution is 2.24. The number of piperidine rings is 1. The Hall–Kier alpha value is -1.41. The van der Waals surface area contributed by atoms with Gasteiger partial charge in [-0.2, -0.15) is 0 Å². The van der Waals surface area contributed by atoms with E-state index in [0.29, 0.717) is 12.5 Å². The zero-order valence-electron chi connectivity index (χ0n) is 14.6. The number of ether oxygens (including phenoxy) is 2. The van der Waals surface area contributed by atoms with Gasteiger partial charge in [0, 0.05) is 32.6 Å². The van der Waals surface area contributed by atoms with Crippen molar-refractivity contribution in [3.05, 3.63) is 16.9 Å². The molecule has 0 bridgehead atoms. The fraction of sp³-hybridized carbons (Fsp3) is 0.688. The molecule has 1 fully saturated rings. The van der Waals surface area contributed by atoms with Crippen LogP contribution in [0, 0.1) is 0 Å². The third kappa shape index (κ3) is 5.59. The first-order valence-electron chi connectivity index (χ1n) is 8.02. The number of alkyl carbamates (subject to hydrolysis) is 1. The number of rotatable bonds is 4. The number of amides is 1. The lowest BCUT2D eigenvalue weighted by Gasteiger charge is -2.39. The molecule has 1 aliphatic rings. The topological polar surface area (TPSA) is 76.6 Å². The van der Waals surface area contributed by atoms with Crippen molar-refractivity contribution in [1.29, 1.82) is 0 Å². The van der Waals surface area contributed by atoms with Crippen molar-refractivity contribution < 1.29 is 14.3 Å². The van der Waals surface area contributed by atoms with Gasteiger partial charge in [0.05, 0.1) is 16.6 Å². The number of anilines is 1. The summed E-state index contributed by atoms with van der Waals surface area (Å²) in [6, 6.07) is 0.0531. The Kier molecular flexibility index (Phi) is 6.40. The van der Waals surface area contributed by atoms with E-state index in [4.69, 9.17) is 9.47 Å². The molecular weight excluding hydrogens is 376 g/mol. The zero-order valence-corrected chi connectivity index (χ0v) is 16.2. The van der Waals surface area contributed by atoms with Crippen LogP contribution in [0.4, 0.5) is 10.7 Å². The molecule has 1 aromatic heterocycles. The van der Waals surface area contributed by atoms with E-state index in [1.165, 1.54) is 0 Å². The highest BCUT2D eigenvalue weighted by atomic mass is 79.9. The van der Waals surface area contributed by atoms with E-state index >= 15 is 0 Å². The molecule has 0 radical (unpaired) electrons. The van der Waals surface area contributed by atoms with E-state index in [1.54, 1.807) is 19.5 Å². The van der Waals surface area contributed by atoms with Gasteiger partial charge >= 0.3 is 6.09 Å². The van der Waals surface area contributed by atoms with Gasteiger partial charge in [-0.15, -0.1) is 0 Å². The molecule has 1 amide bonds. The Morgan fingerprint density at radius 3 is 2.67 bits per heavy atom. The second-order valence-corrected chi connectivity index (χ2v) is 7.73. The van der Waals surface area contributed by atoms with Crippen molar-refractivity contribution in [2.45, 2.75) is 51.4 Å². The van der Waals surface area contributed by atoms with Gasteiger partial charge in [-0.3, -0.25) is 0 Å². The maximum atomic E-state index is 11.9. The highest BCUT2D eigenvalue weighted by molar-refractivity contribution is 9.10. The Morgan fingerprint density at radius 2 is 2.08 bits per heavy atom. The molecule has 8 heteroatoms. The summed E-state index contributed by atoms with van der Waals surface area (Å²) < 4.78 is 11.6. The van der Waals surface area contributed by atoms with Gasteiger partial charge in [0.2, 0.25) is 5.95 Å². The van der Waals surface area contributed by atoms with Crippen LogP contribution in [-0.2, 0) is 9.47 Å². The quantitative estimate of drug-likeness (QED) is 0.836. The van der Waals surface area contributed by atoms with Crippen LogP contribution in [0.5, 0.6) is 0 Å². The SMILES string of the molecule is CO[C@@H]1CCN(c2ncc(Br)cn2)[C@@H](CNC(=O)OC(C)(C)C)C1. The van der Waals surface area contributed by atoms with Gasteiger partial charge in [0.1, 0.15) is 5.60 Å². The number of nitrogens with zero attached hydrogens (tertiary/aromatic N) is 3. The van der Waals surface area contributed by atoms with Gasteiger partial charge in [0.15, 0.2) is 0 Å². The van der Waals surface area contributed by atoms with Crippen molar-refractivity contribution >= 4 is 28.0 Å². The monoisotopic (exact) mass is 400 g/mol. The first kappa shape index (κ1) is 18.9. The van der Waals surface area contributed by atoms with Crippen LogP contribution in [0.2, 0.25) is 0 Å². The molecule has 1 aliphatic heterocycles. The largest absolute Gasteiger partial charge is 0.444 e. The fourth-order valence-electron chi connectivity index (χ4n) is 2.65. The third-order valence-corrected chi connectivity index (χ3v) is 4.16. The second-order valence-electron chi connectivity index (χ2n) is 6.81. The lowest BCUT2D eigenvalue weighted by atomic mass is 9.99. The molecule has 2 rings (SSSR count). The average Bonchev–Trinajstić information content (AvgIpc) is 2.52. The molecule has 24 heavy (non-hydrogen) atoms. The fourth-order valence-corrected chi connectivity index (χ4v) is 2.86. The first-order valence-corrected chi connectivity index (χ1v) is 8.81. The van der Waals surface area contributed by atoms with E-state index in [1.807, 2.05) is 20.8 Å². The van der Waals surface area contributed by atoms with E-state index in [0.717, 1.165) is 23.9 Å². The smallest absolute Gasteiger partial charge is 0.407 e. The normalized spacial score (nSPS) is 21.5. The molecule has 1 N–H and O–H groups in total. The van der Waals surface area contributed by atoms with Crippen LogP contribution >= 0.6 is 15.9 Å². The van der Waals surface area contributed by atoms with Crippen LogP contribution in [0.25, 0.3) is 0 Å². The number of hydrogen-bond donors (Lipinski definition) is 1. The molecule has 1 aromatic rings. The summed E-state index contributed by atoms with van der Waals surface area (Å²) in [6.45, 7) is 6.76. The van der Waals surface area contributed by atoms with Gasteiger partial charge in [-0.25, -0.2) is 14.8 Å². The average molecular weight is 401 g/mol. The van der Waals surface area contributed by atoms with Crippen molar-refractivity contribution in [2.75, 3.05) is 25.1 Å². The molecule has 1 saturated heterocycles. The van der Waals surface area contributed by atoms with Crippen molar-refractivity contribution in [3.63, 3.8) is 0 Å². The van der Waals surface area contributed by atoms with E-state index in [-0.39, 0.29) is 12.1 Å². The summed E-state index contributed by atoms with van der Waals surface area (Å²) in [4.78, 5) is 22.8. The number of carbonyl (C=O) groups excluding carboxylic acids is 1. The maximum absolute atomic E-state index is 11.9. The number of carbonyl (C=O) groups is 1. The van der Waals surface area contributed by atoms with E-state index in [9.17, 15) is 4.79 Å². The molecule has 0 aliphatic carbocycles. The summed E-state index contributed by atoms with van der Waals surface area (Å²) in [5.74, 6) is 0.656. The number of halogens is 1. The Labute approximate surface area is 151 Å². The maximum Gasteiger partial charge on any atom is 0.407 e. The second kappa shape index (κ2) is 8.11. The predicted octanol–water partition coefficient (Wildman–Crippen LogP) is 2.75. The van der Waals surface area contributed by atoms with Crippen LogP contribution in [0.15, 0.2) is 16.9 Å². The molecular formula is C16H25BrN4O3. The van der Waals surface area contributed by atoms with Gasteiger partial charge in [0.25, 0.3) is 0 Å². The number of hydrogen-bond acceptors (Lipinski definition) is 6. The molecule has 0 aromatic carbocycles. The Bertz CT molecular complexity index is 547. The molecule has 0 unspecified atom stereocenters. The predicted molar refractivity (Wildman–Crippen MR) is 95.1 cm³/mol. The van der Waals surface area contributed by atoms with Crippen LogP contribution in [0.1, 0.15) is 33.6 Å². The van der Waals surface area contributed by atoms with E-state index < -0.39 is 11.7 Å².